The van der Waals surface area contributed by atoms with Crippen LogP contribution in [-0.2, 0) is 0 Å². The topological polar surface area (TPSA) is 42.4 Å². The highest BCUT2D eigenvalue weighted by Gasteiger charge is 2.14. The number of aliphatic hydroxyl groups is 1. The van der Waals surface area contributed by atoms with Crippen molar-refractivity contribution in [2.45, 2.75) is 11.0 Å². The minimum Gasteiger partial charge on any atom is -0.495 e. The predicted octanol–water partition coefficient (Wildman–Crippen LogP) is 2.89. The van der Waals surface area contributed by atoms with Gasteiger partial charge in [-0.05, 0) is 24.0 Å². The molecule has 0 radical (unpaired) electrons. The lowest BCUT2D eigenvalue weighted by atomic mass is 10.0. The number of hydrogen-bond acceptors (Lipinski definition) is 4. The lowest BCUT2D eigenvalue weighted by Crippen LogP contribution is -2.02. The van der Waals surface area contributed by atoms with Crippen molar-refractivity contribution in [1.82, 2.24) is 4.98 Å². The van der Waals surface area contributed by atoms with Crippen LogP contribution in [0, 0.1) is 0 Å². The third-order valence-electron chi connectivity index (χ3n) is 2.72. The Morgan fingerprint density at radius 1 is 1.28 bits per heavy atom. The summed E-state index contributed by atoms with van der Waals surface area (Å²) in [6.07, 6.45) is 4.59. The van der Waals surface area contributed by atoms with Crippen LogP contribution in [0.25, 0.3) is 0 Å². The largest absolute Gasteiger partial charge is 0.495 e. The van der Waals surface area contributed by atoms with Gasteiger partial charge in [0.1, 0.15) is 11.9 Å². The van der Waals surface area contributed by atoms with Gasteiger partial charge in [0.15, 0.2) is 0 Å². The Morgan fingerprint density at radius 3 is 2.78 bits per heavy atom. The molecule has 94 valence electrons. The first-order valence-corrected chi connectivity index (χ1v) is 6.78. The Bertz CT molecular complexity index is 531. The number of aliphatic hydroxyl groups excluding tert-OH is 1. The van der Waals surface area contributed by atoms with E-state index in [1.54, 1.807) is 37.3 Å². The van der Waals surface area contributed by atoms with E-state index in [4.69, 9.17) is 4.74 Å². The zero-order chi connectivity index (χ0) is 13.0. The first kappa shape index (κ1) is 12.9. The first-order chi connectivity index (χ1) is 8.76. The molecule has 0 fully saturated rings. The Hall–Kier alpha value is -1.52. The van der Waals surface area contributed by atoms with Gasteiger partial charge in [-0.3, -0.25) is 4.98 Å². The van der Waals surface area contributed by atoms with Crippen molar-refractivity contribution in [2.75, 3.05) is 13.4 Å². The number of benzene rings is 1. The van der Waals surface area contributed by atoms with Gasteiger partial charge in [0, 0.05) is 16.7 Å². The van der Waals surface area contributed by atoms with Gasteiger partial charge in [-0.1, -0.05) is 18.2 Å². The second kappa shape index (κ2) is 5.89. The smallest absolute Gasteiger partial charge is 0.137 e. The summed E-state index contributed by atoms with van der Waals surface area (Å²) in [5.41, 5.74) is 1.62. The van der Waals surface area contributed by atoms with Gasteiger partial charge in [0.05, 0.1) is 13.3 Å². The van der Waals surface area contributed by atoms with E-state index in [1.165, 1.54) is 0 Å². The number of methoxy groups -OCH3 is 1. The normalized spacial score (nSPS) is 12.2. The monoisotopic (exact) mass is 261 g/mol. The summed E-state index contributed by atoms with van der Waals surface area (Å²) in [4.78, 5) is 5.13. The molecule has 1 aromatic carbocycles. The minimum absolute atomic E-state index is 0.646. The van der Waals surface area contributed by atoms with E-state index in [9.17, 15) is 5.11 Å². The molecular formula is C14H15NO2S. The van der Waals surface area contributed by atoms with Crippen LogP contribution in [0.15, 0.2) is 47.6 Å². The Labute approximate surface area is 111 Å². The molecule has 1 atom stereocenters. The van der Waals surface area contributed by atoms with Crippen molar-refractivity contribution in [3.05, 3.63) is 53.9 Å². The maximum Gasteiger partial charge on any atom is 0.137 e. The summed E-state index contributed by atoms with van der Waals surface area (Å²) in [5, 5.41) is 10.4. The zero-order valence-electron chi connectivity index (χ0n) is 10.3. The molecule has 0 saturated carbocycles. The summed E-state index contributed by atoms with van der Waals surface area (Å²) in [6.45, 7) is 0. The molecule has 0 aliphatic heterocycles. The molecule has 2 rings (SSSR count). The van der Waals surface area contributed by atoms with Gasteiger partial charge in [-0.15, -0.1) is 11.8 Å². The van der Waals surface area contributed by atoms with E-state index >= 15 is 0 Å². The standard InChI is InChI=1S/C14H15NO2S/c1-17-11-7-10(8-15-9-11)14(16)12-5-3-4-6-13(12)18-2/h3-9,14,16H,1-2H3. The first-order valence-electron chi connectivity index (χ1n) is 5.56. The number of rotatable bonds is 4. The number of nitrogens with zero attached hydrogens (tertiary/aromatic N) is 1. The van der Waals surface area contributed by atoms with Crippen molar-refractivity contribution in [3.8, 4) is 5.75 Å². The molecule has 0 aliphatic carbocycles. The SMILES string of the molecule is COc1cncc(C(O)c2ccccc2SC)c1. The molecule has 1 N–H and O–H groups in total. The van der Waals surface area contributed by atoms with Crippen LogP contribution in [0.1, 0.15) is 17.2 Å². The van der Waals surface area contributed by atoms with E-state index in [1.807, 2.05) is 30.5 Å². The summed E-state index contributed by atoms with van der Waals surface area (Å²) < 4.78 is 5.12. The second-order valence-electron chi connectivity index (χ2n) is 3.80. The highest BCUT2D eigenvalue weighted by molar-refractivity contribution is 7.98. The highest BCUT2D eigenvalue weighted by Crippen LogP contribution is 2.30. The molecule has 4 heteroatoms. The van der Waals surface area contributed by atoms with Crippen LogP contribution in [0.2, 0.25) is 0 Å². The molecule has 1 heterocycles. The fourth-order valence-electron chi connectivity index (χ4n) is 1.77. The highest BCUT2D eigenvalue weighted by atomic mass is 32.2. The molecular weight excluding hydrogens is 246 g/mol. The van der Waals surface area contributed by atoms with Gasteiger partial charge in [-0.2, -0.15) is 0 Å². The van der Waals surface area contributed by atoms with Crippen LogP contribution < -0.4 is 4.74 Å². The fourth-order valence-corrected chi connectivity index (χ4v) is 2.40. The molecule has 2 aromatic rings. The average Bonchev–Trinajstić information content (AvgIpc) is 2.46. The number of pyridine rings is 1. The van der Waals surface area contributed by atoms with Crippen molar-refractivity contribution in [3.63, 3.8) is 0 Å². The van der Waals surface area contributed by atoms with Gasteiger partial charge in [-0.25, -0.2) is 0 Å². The molecule has 0 bridgehead atoms. The predicted molar refractivity (Wildman–Crippen MR) is 73.1 cm³/mol. The molecule has 0 aliphatic rings. The maximum atomic E-state index is 10.4. The number of aromatic nitrogens is 1. The quantitative estimate of drug-likeness (QED) is 0.859. The van der Waals surface area contributed by atoms with Crippen LogP contribution in [0.5, 0.6) is 5.75 Å². The molecule has 0 amide bonds. The van der Waals surface area contributed by atoms with Crippen molar-refractivity contribution in [1.29, 1.82) is 0 Å². The number of hydrogen-bond donors (Lipinski definition) is 1. The average molecular weight is 261 g/mol. The molecule has 1 unspecified atom stereocenters. The summed E-state index contributed by atoms with van der Waals surface area (Å²) in [5.74, 6) is 0.646. The zero-order valence-corrected chi connectivity index (χ0v) is 11.1. The molecule has 18 heavy (non-hydrogen) atoms. The molecule has 0 spiro atoms. The number of ether oxygens (including phenoxy) is 1. The maximum absolute atomic E-state index is 10.4. The molecule has 0 saturated heterocycles. The van der Waals surface area contributed by atoms with Crippen LogP contribution >= 0.6 is 11.8 Å². The van der Waals surface area contributed by atoms with E-state index < -0.39 is 6.10 Å². The van der Waals surface area contributed by atoms with Crippen molar-refractivity contribution in [2.24, 2.45) is 0 Å². The van der Waals surface area contributed by atoms with Gasteiger partial charge in [0.2, 0.25) is 0 Å². The van der Waals surface area contributed by atoms with Crippen LogP contribution in [-0.4, -0.2) is 23.5 Å². The number of thioether (sulfide) groups is 1. The lowest BCUT2D eigenvalue weighted by molar-refractivity contribution is 0.216. The fraction of sp³-hybridized carbons (Fsp3) is 0.214. The van der Waals surface area contributed by atoms with Gasteiger partial charge >= 0.3 is 0 Å². The van der Waals surface area contributed by atoms with Crippen LogP contribution in [0.4, 0.5) is 0 Å². The van der Waals surface area contributed by atoms with Crippen molar-refractivity contribution >= 4 is 11.8 Å². The second-order valence-corrected chi connectivity index (χ2v) is 4.65. The van der Waals surface area contributed by atoms with Crippen LogP contribution in [0.3, 0.4) is 0 Å². The van der Waals surface area contributed by atoms with E-state index in [0.717, 1.165) is 16.0 Å². The van der Waals surface area contributed by atoms with E-state index in [2.05, 4.69) is 4.98 Å². The van der Waals surface area contributed by atoms with Crippen molar-refractivity contribution < 1.29 is 9.84 Å². The van der Waals surface area contributed by atoms with E-state index in [-0.39, 0.29) is 0 Å². The molecule has 1 aromatic heterocycles. The summed E-state index contributed by atoms with van der Waals surface area (Å²) in [6, 6.07) is 9.61. The third kappa shape index (κ3) is 2.66. The summed E-state index contributed by atoms with van der Waals surface area (Å²) in [7, 11) is 1.59. The Kier molecular flexibility index (Phi) is 4.23. The Morgan fingerprint density at radius 2 is 2.06 bits per heavy atom. The Balaban J connectivity index is 2.37. The van der Waals surface area contributed by atoms with Gasteiger partial charge < -0.3 is 9.84 Å². The van der Waals surface area contributed by atoms with E-state index in [0.29, 0.717) is 5.75 Å². The minimum atomic E-state index is -0.684. The third-order valence-corrected chi connectivity index (χ3v) is 3.53. The lowest BCUT2D eigenvalue weighted by Gasteiger charge is -2.15. The van der Waals surface area contributed by atoms with Gasteiger partial charge in [0.25, 0.3) is 0 Å². The molecule has 3 nitrogen and oxygen atoms in total. The summed E-state index contributed by atoms with van der Waals surface area (Å²) >= 11 is 1.62.